The third-order valence-electron chi connectivity index (χ3n) is 5.56. The third kappa shape index (κ3) is 4.42. The maximum absolute atomic E-state index is 14.9. The number of para-hydroxylation sites is 2. The Morgan fingerprint density at radius 1 is 0.971 bits per heavy atom. The van der Waals surface area contributed by atoms with Crippen molar-refractivity contribution in [2.75, 3.05) is 6.61 Å². The molecule has 0 spiro atoms. The van der Waals surface area contributed by atoms with Crippen molar-refractivity contribution in [3.8, 4) is 22.8 Å². The number of ether oxygens (including phenoxy) is 1. The van der Waals surface area contributed by atoms with Gasteiger partial charge in [0.1, 0.15) is 17.4 Å². The van der Waals surface area contributed by atoms with E-state index in [1.54, 1.807) is 35.9 Å². The maximum Gasteiger partial charge on any atom is 0.261 e. The molecule has 0 aliphatic carbocycles. The van der Waals surface area contributed by atoms with Crippen LogP contribution in [0.2, 0.25) is 0 Å². The van der Waals surface area contributed by atoms with E-state index in [2.05, 4.69) is 15.2 Å². The lowest BCUT2D eigenvalue weighted by molar-refractivity contribution is 0.340. The first kappa shape index (κ1) is 22.8. The maximum atomic E-state index is 14.9. The Bertz CT molecular complexity index is 1560. The van der Waals surface area contributed by atoms with Gasteiger partial charge in [0.25, 0.3) is 5.56 Å². The van der Waals surface area contributed by atoms with Crippen LogP contribution in [0, 0.1) is 5.82 Å². The highest BCUT2D eigenvalue weighted by Gasteiger charge is 2.20. The molecule has 7 nitrogen and oxygen atoms in total. The monoisotopic (exact) mass is 487 g/mol. The number of thioether (sulfide) groups is 1. The summed E-state index contributed by atoms with van der Waals surface area (Å²) in [5.74, 6) is 1.79. The zero-order chi connectivity index (χ0) is 24.4. The third-order valence-corrected chi connectivity index (χ3v) is 6.48. The lowest BCUT2D eigenvalue weighted by Crippen LogP contribution is -2.22. The normalized spacial score (nSPS) is 11.2. The van der Waals surface area contributed by atoms with Crippen molar-refractivity contribution in [2.24, 2.45) is 7.05 Å². The molecule has 0 saturated carbocycles. The first-order chi connectivity index (χ1) is 17.1. The molecule has 0 fully saturated rings. The Morgan fingerprint density at radius 3 is 2.49 bits per heavy atom. The predicted molar refractivity (Wildman–Crippen MR) is 134 cm³/mol. The number of nitrogens with zero attached hydrogens (tertiary/aromatic N) is 5. The van der Waals surface area contributed by atoms with Gasteiger partial charge in [-0.3, -0.25) is 13.9 Å². The summed E-state index contributed by atoms with van der Waals surface area (Å²) in [6.07, 6.45) is 0. The Kier molecular flexibility index (Phi) is 6.33. The fourth-order valence-corrected chi connectivity index (χ4v) is 4.72. The molecule has 0 atom stereocenters. The minimum absolute atomic E-state index is 0.114. The van der Waals surface area contributed by atoms with Crippen molar-refractivity contribution >= 4 is 22.7 Å². The Balaban J connectivity index is 1.55. The first-order valence-electron chi connectivity index (χ1n) is 11.1. The van der Waals surface area contributed by atoms with Crippen molar-refractivity contribution in [2.45, 2.75) is 17.8 Å². The van der Waals surface area contributed by atoms with E-state index in [1.165, 1.54) is 22.4 Å². The van der Waals surface area contributed by atoms with Gasteiger partial charge < -0.3 is 4.74 Å². The van der Waals surface area contributed by atoms with E-state index in [1.807, 2.05) is 49.4 Å². The summed E-state index contributed by atoms with van der Waals surface area (Å²) >= 11 is 1.34. The Hall–Kier alpha value is -3.98. The predicted octanol–water partition coefficient (Wildman–Crippen LogP) is 5.01. The van der Waals surface area contributed by atoms with Crippen LogP contribution in [0.25, 0.3) is 28.0 Å². The van der Waals surface area contributed by atoms with Crippen LogP contribution in [0.1, 0.15) is 12.7 Å². The molecule has 176 valence electrons. The van der Waals surface area contributed by atoms with E-state index in [-0.39, 0.29) is 5.56 Å². The van der Waals surface area contributed by atoms with Gasteiger partial charge in [0, 0.05) is 12.6 Å². The van der Waals surface area contributed by atoms with Crippen LogP contribution in [-0.4, -0.2) is 30.9 Å². The van der Waals surface area contributed by atoms with Crippen molar-refractivity contribution in [3.05, 3.63) is 94.8 Å². The molecule has 2 heterocycles. The number of hydrogen-bond acceptors (Lipinski definition) is 6. The van der Waals surface area contributed by atoms with Gasteiger partial charge in [-0.1, -0.05) is 36.0 Å². The highest BCUT2D eigenvalue weighted by atomic mass is 32.2. The molecule has 3 aromatic carbocycles. The molecule has 35 heavy (non-hydrogen) atoms. The van der Waals surface area contributed by atoms with Gasteiger partial charge in [-0.25, -0.2) is 9.37 Å². The number of fused-ring (bicyclic) bond motifs is 1. The van der Waals surface area contributed by atoms with Crippen LogP contribution < -0.4 is 10.3 Å². The van der Waals surface area contributed by atoms with Crippen molar-refractivity contribution in [1.29, 1.82) is 0 Å². The van der Waals surface area contributed by atoms with Crippen LogP contribution >= 0.6 is 11.8 Å². The fourth-order valence-electron chi connectivity index (χ4n) is 3.79. The Labute approximate surface area is 205 Å². The van der Waals surface area contributed by atoms with E-state index in [4.69, 9.17) is 4.74 Å². The van der Waals surface area contributed by atoms with Crippen molar-refractivity contribution in [1.82, 2.24) is 24.3 Å². The molecule has 2 aromatic heterocycles. The topological polar surface area (TPSA) is 74.8 Å². The van der Waals surface area contributed by atoms with Gasteiger partial charge >= 0.3 is 0 Å². The minimum Gasteiger partial charge on any atom is -0.494 e. The quantitative estimate of drug-likeness (QED) is 0.301. The summed E-state index contributed by atoms with van der Waals surface area (Å²) in [6, 6.07) is 21.2. The largest absolute Gasteiger partial charge is 0.494 e. The van der Waals surface area contributed by atoms with Crippen molar-refractivity contribution < 1.29 is 9.13 Å². The second-order valence-corrected chi connectivity index (χ2v) is 8.69. The molecule has 0 saturated heterocycles. The molecule has 5 rings (SSSR count). The molecular formula is C26H22FN5O2S. The number of hydrogen-bond donors (Lipinski definition) is 0. The summed E-state index contributed by atoms with van der Waals surface area (Å²) in [7, 11) is 1.70. The SMILES string of the molecule is CCOc1ccc(-c2nnc(SCc3nc4ccccc4c(=O)n3C)n2-c2ccccc2F)cc1. The highest BCUT2D eigenvalue weighted by molar-refractivity contribution is 7.98. The summed E-state index contributed by atoms with van der Waals surface area (Å²) < 4.78 is 23.6. The average Bonchev–Trinajstić information content (AvgIpc) is 3.30. The van der Waals surface area contributed by atoms with E-state index < -0.39 is 5.82 Å². The lowest BCUT2D eigenvalue weighted by Gasteiger charge is -2.12. The van der Waals surface area contributed by atoms with Crippen molar-refractivity contribution in [3.63, 3.8) is 0 Å². The smallest absolute Gasteiger partial charge is 0.261 e. The second kappa shape index (κ2) is 9.71. The summed E-state index contributed by atoms with van der Waals surface area (Å²) in [5, 5.41) is 9.79. The van der Waals surface area contributed by atoms with Crippen LogP contribution in [-0.2, 0) is 12.8 Å². The lowest BCUT2D eigenvalue weighted by atomic mass is 10.2. The van der Waals surface area contributed by atoms with E-state index in [0.29, 0.717) is 45.8 Å². The van der Waals surface area contributed by atoms with E-state index in [0.717, 1.165) is 11.3 Å². The van der Waals surface area contributed by atoms with Gasteiger partial charge in [0.2, 0.25) is 0 Å². The molecule has 0 radical (unpaired) electrons. The number of aromatic nitrogens is 5. The van der Waals surface area contributed by atoms with Crippen LogP contribution in [0.15, 0.2) is 82.7 Å². The first-order valence-corrected chi connectivity index (χ1v) is 12.1. The van der Waals surface area contributed by atoms with Crippen LogP contribution in [0.3, 0.4) is 0 Å². The summed E-state index contributed by atoms with van der Waals surface area (Å²) in [6.45, 7) is 2.49. The standard InChI is InChI=1S/C26H22FN5O2S/c1-3-34-18-14-12-17(13-15-18)24-29-30-26(32(24)22-11-7-5-9-20(22)27)35-16-23-28-21-10-6-4-8-19(21)25(33)31(23)2/h4-15H,3,16H2,1-2H3. The van der Waals surface area contributed by atoms with E-state index >= 15 is 0 Å². The fraction of sp³-hybridized carbons (Fsp3) is 0.154. The van der Waals surface area contributed by atoms with Gasteiger partial charge in [0.05, 0.1) is 29.0 Å². The molecule has 5 aromatic rings. The van der Waals surface area contributed by atoms with Gasteiger partial charge in [-0.2, -0.15) is 0 Å². The Morgan fingerprint density at radius 2 is 1.71 bits per heavy atom. The number of rotatable bonds is 7. The average molecular weight is 488 g/mol. The van der Waals surface area contributed by atoms with Gasteiger partial charge in [0.15, 0.2) is 11.0 Å². The molecule has 9 heteroatoms. The van der Waals surface area contributed by atoms with Gasteiger partial charge in [-0.15, -0.1) is 10.2 Å². The minimum atomic E-state index is -0.391. The van der Waals surface area contributed by atoms with E-state index in [9.17, 15) is 9.18 Å². The van der Waals surface area contributed by atoms with Crippen LogP contribution in [0.5, 0.6) is 5.75 Å². The van der Waals surface area contributed by atoms with Gasteiger partial charge in [-0.05, 0) is 55.5 Å². The molecule has 0 amide bonds. The number of benzene rings is 3. The molecule has 0 aliphatic rings. The summed E-state index contributed by atoms with van der Waals surface area (Å²) in [4.78, 5) is 17.4. The highest BCUT2D eigenvalue weighted by Crippen LogP contribution is 2.31. The molecule has 0 aliphatic heterocycles. The number of halogens is 1. The summed E-state index contributed by atoms with van der Waals surface area (Å²) in [5.41, 5.74) is 1.63. The molecule has 0 unspecified atom stereocenters. The zero-order valence-electron chi connectivity index (χ0n) is 19.2. The van der Waals surface area contributed by atoms with Crippen LogP contribution in [0.4, 0.5) is 4.39 Å². The molecule has 0 N–H and O–H groups in total. The second-order valence-electron chi connectivity index (χ2n) is 7.75. The molecular weight excluding hydrogens is 465 g/mol. The molecule has 0 bridgehead atoms. The zero-order valence-corrected chi connectivity index (χ0v) is 20.0.